The number of carbonyl (C=O) groups is 1. The molecule has 21 heavy (non-hydrogen) atoms. The molecule has 0 aliphatic heterocycles. The van der Waals surface area contributed by atoms with Crippen LogP contribution in [0.4, 0.5) is 10.3 Å². The zero-order chi connectivity index (χ0) is 15.1. The highest BCUT2D eigenvalue weighted by atomic mass is 19.1. The van der Waals surface area contributed by atoms with Gasteiger partial charge in [0.15, 0.2) is 22.9 Å². The normalized spacial score (nSPS) is 10.9. The zero-order valence-corrected chi connectivity index (χ0v) is 10.5. The third-order valence-corrected chi connectivity index (χ3v) is 2.98. The fourth-order valence-electron chi connectivity index (χ4n) is 2.04. The minimum Gasteiger partial charge on any atom is -0.505 e. The molecule has 3 aromatic rings. The number of hydrogen-bond acceptors (Lipinski definition) is 5. The lowest BCUT2D eigenvalue weighted by Gasteiger charge is -2.06. The summed E-state index contributed by atoms with van der Waals surface area (Å²) in [6, 6.07) is 6.61. The number of halogens is 1. The van der Waals surface area contributed by atoms with Gasteiger partial charge in [0.2, 0.25) is 5.95 Å². The number of nitrogen functional groups attached to an aromatic ring is 1. The number of pyridine rings is 1. The number of anilines is 1. The van der Waals surface area contributed by atoms with Gasteiger partial charge in [0.05, 0.1) is 0 Å². The summed E-state index contributed by atoms with van der Waals surface area (Å²) in [6.07, 6.45) is 0. The molecule has 8 heteroatoms. The maximum Gasteiger partial charge on any atom is 0.354 e. The van der Waals surface area contributed by atoms with E-state index in [-0.39, 0.29) is 17.3 Å². The third-order valence-electron chi connectivity index (χ3n) is 2.98. The van der Waals surface area contributed by atoms with E-state index in [4.69, 9.17) is 10.8 Å². The van der Waals surface area contributed by atoms with Crippen molar-refractivity contribution in [2.24, 2.45) is 0 Å². The van der Waals surface area contributed by atoms with E-state index in [0.717, 1.165) is 10.6 Å². The molecule has 0 saturated heterocycles. The van der Waals surface area contributed by atoms with Crippen LogP contribution in [0.1, 0.15) is 10.5 Å². The summed E-state index contributed by atoms with van der Waals surface area (Å²) in [5, 5.41) is 22.2. The van der Waals surface area contributed by atoms with Gasteiger partial charge in [0.1, 0.15) is 0 Å². The fourth-order valence-corrected chi connectivity index (χ4v) is 2.04. The SMILES string of the molecule is Nc1nc2c(-c3ccc(O)c(F)c3)ccc(C(=O)O)n2n1. The molecule has 0 atom stereocenters. The number of hydrogen-bond donors (Lipinski definition) is 3. The maximum atomic E-state index is 13.5. The Labute approximate surface area is 117 Å². The Balaban J connectivity index is 2.31. The molecule has 0 spiro atoms. The van der Waals surface area contributed by atoms with Crippen molar-refractivity contribution < 1.29 is 19.4 Å². The van der Waals surface area contributed by atoms with Gasteiger partial charge in [0, 0.05) is 5.56 Å². The molecule has 0 radical (unpaired) electrons. The van der Waals surface area contributed by atoms with Crippen molar-refractivity contribution in [3.63, 3.8) is 0 Å². The van der Waals surface area contributed by atoms with E-state index in [2.05, 4.69) is 10.1 Å². The highest BCUT2D eigenvalue weighted by Gasteiger charge is 2.16. The lowest BCUT2D eigenvalue weighted by Crippen LogP contribution is -2.07. The number of aromatic nitrogens is 3. The Bertz CT molecular complexity index is 875. The van der Waals surface area contributed by atoms with Crippen molar-refractivity contribution in [3.8, 4) is 16.9 Å². The van der Waals surface area contributed by atoms with E-state index in [1.54, 1.807) is 0 Å². The van der Waals surface area contributed by atoms with Gasteiger partial charge in [-0.2, -0.15) is 4.98 Å². The lowest BCUT2D eigenvalue weighted by atomic mass is 10.1. The lowest BCUT2D eigenvalue weighted by molar-refractivity contribution is 0.0687. The van der Waals surface area contributed by atoms with E-state index in [9.17, 15) is 14.3 Å². The first-order valence-corrected chi connectivity index (χ1v) is 5.85. The van der Waals surface area contributed by atoms with Crippen molar-refractivity contribution in [2.45, 2.75) is 0 Å². The summed E-state index contributed by atoms with van der Waals surface area (Å²) in [7, 11) is 0. The van der Waals surface area contributed by atoms with Crippen molar-refractivity contribution in [2.75, 3.05) is 5.73 Å². The molecule has 1 aromatic carbocycles. The number of nitrogens with zero attached hydrogens (tertiary/aromatic N) is 3. The van der Waals surface area contributed by atoms with Crippen molar-refractivity contribution >= 4 is 17.6 Å². The minimum absolute atomic E-state index is 0.0933. The Morgan fingerprint density at radius 1 is 1.29 bits per heavy atom. The molecular formula is C13H9FN4O3. The molecule has 0 aliphatic carbocycles. The molecule has 0 saturated carbocycles. The number of aromatic carboxylic acids is 1. The van der Waals surface area contributed by atoms with Crippen molar-refractivity contribution in [3.05, 3.63) is 41.8 Å². The van der Waals surface area contributed by atoms with Gasteiger partial charge in [-0.1, -0.05) is 6.07 Å². The second kappa shape index (κ2) is 4.44. The van der Waals surface area contributed by atoms with E-state index < -0.39 is 17.5 Å². The average Bonchev–Trinajstić information content (AvgIpc) is 2.81. The van der Waals surface area contributed by atoms with Crippen molar-refractivity contribution in [1.29, 1.82) is 0 Å². The van der Waals surface area contributed by atoms with Gasteiger partial charge in [-0.15, -0.1) is 5.10 Å². The summed E-state index contributed by atoms with van der Waals surface area (Å²) in [6.45, 7) is 0. The van der Waals surface area contributed by atoms with Crippen molar-refractivity contribution in [1.82, 2.24) is 14.6 Å². The van der Waals surface area contributed by atoms with Gasteiger partial charge in [-0.3, -0.25) is 0 Å². The number of phenols is 1. The smallest absolute Gasteiger partial charge is 0.354 e. The Hall–Kier alpha value is -3.16. The first-order valence-electron chi connectivity index (χ1n) is 5.85. The standard InChI is InChI=1S/C13H9FN4O3/c14-8-5-6(1-4-10(8)19)7-2-3-9(12(20)21)18-11(7)16-13(15)17-18/h1-5,19H,(H2,15,17)(H,20,21). The van der Waals surface area contributed by atoms with Crippen LogP contribution in [0.15, 0.2) is 30.3 Å². The number of phenolic OH excluding ortho intramolecular Hbond substituents is 1. The Kier molecular flexibility index (Phi) is 2.72. The summed E-state index contributed by atoms with van der Waals surface area (Å²) in [5.74, 6) is -2.55. The summed E-state index contributed by atoms with van der Waals surface area (Å²) < 4.78 is 14.5. The maximum absolute atomic E-state index is 13.5. The molecule has 0 amide bonds. The van der Waals surface area contributed by atoms with E-state index in [1.807, 2.05) is 0 Å². The average molecular weight is 288 g/mol. The number of fused-ring (bicyclic) bond motifs is 1. The van der Waals surface area contributed by atoms with E-state index in [0.29, 0.717) is 11.1 Å². The molecule has 4 N–H and O–H groups in total. The number of benzene rings is 1. The van der Waals surface area contributed by atoms with E-state index in [1.165, 1.54) is 24.3 Å². The molecule has 2 aromatic heterocycles. The summed E-state index contributed by atoms with van der Waals surface area (Å²) >= 11 is 0. The monoisotopic (exact) mass is 288 g/mol. The van der Waals surface area contributed by atoms with Crippen LogP contribution in [-0.2, 0) is 0 Å². The van der Waals surface area contributed by atoms with Crippen LogP contribution in [0.25, 0.3) is 16.8 Å². The molecule has 106 valence electrons. The predicted molar refractivity (Wildman–Crippen MR) is 71.4 cm³/mol. The molecule has 7 nitrogen and oxygen atoms in total. The Morgan fingerprint density at radius 2 is 2.05 bits per heavy atom. The first kappa shape index (κ1) is 12.9. The largest absolute Gasteiger partial charge is 0.505 e. The third kappa shape index (κ3) is 2.02. The van der Waals surface area contributed by atoms with Gasteiger partial charge < -0.3 is 15.9 Å². The Morgan fingerprint density at radius 3 is 2.71 bits per heavy atom. The number of rotatable bonds is 2. The minimum atomic E-state index is -1.19. The summed E-state index contributed by atoms with van der Waals surface area (Å²) in [4.78, 5) is 15.1. The van der Waals surface area contributed by atoms with Gasteiger partial charge in [-0.25, -0.2) is 13.7 Å². The van der Waals surface area contributed by atoms with Crippen LogP contribution in [0, 0.1) is 5.82 Å². The zero-order valence-electron chi connectivity index (χ0n) is 10.5. The van der Waals surface area contributed by atoms with Gasteiger partial charge >= 0.3 is 5.97 Å². The highest BCUT2D eigenvalue weighted by molar-refractivity contribution is 5.89. The quantitative estimate of drug-likeness (QED) is 0.658. The molecule has 0 fully saturated rings. The van der Waals surface area contributed by atoms with Crippen LogP contribution in [-0.4, -0.2) is 30.8 Å². The fraction of sp³-hybridized carbons (Fsp3) is 0. The molecule has 0 bridgehead atoms. The van der Waals surface area contributed by atoms with Gasteiger partial charge in [0.25, 0.3) is 0 Å². The number of nitrogens with two attached hydrogens (primary N) is 1. The second-order valence-electron chi connectivity index (χ2n) is 4.31. The first-order chi connectivity index (χ1) is 9.97. The van der Waals surface area contributed by atoms with E-state index >= 15 is 0 Å². The van der Waals surface area contributed by atoms with Crippen LogP contribution < -0.4 is 5.73 Å². The number of aromatic hydroxyl groups is 1. The van der Waals surface area contributed by atoms with Gasteiger partial charge in [-0.05, 0) is 29.8 Å². The number of carboxylic acid groups (broad SMARTS) is 1. The van der Waals surface area contributed by atoms with Crippen LogP contribution in [0.2, 0.25) is 0 Å². The molecule has 3 rings (SSSR count). The molecule has 0 unspecified atom stereocenters. The molecule has 2 heterocycles. The molecule has 0 aliphatic rings. The number of carboxylic acids is 1. The molecular weight excluding hydrogens is 279 g/mol. The predicted octanol–water partition coefficient (Wildman–Crippen LogP) is 1.52. The van der Waals surface area contributed by atoms with Crippen LogP contribution >= 0.6 is 0 Å². The second-order valence-corrected chi connectivity index (χ2v) is 4.31. The topological polar surface area (TPSA) is 114 Å². The summed E-state index contributed by atoms with van der Waals surface area (Å²) in [5.41, 5.74) is 6.45. The highest BCUT2D eigenvalue weighted by Crippen LogP contribution is 2.28. The van der Waals surface area contributed by atoms with Crippen LogP contribution in [0.3, 0.4) is 0 Å². The van der Waals surface area contributed by atoms with Crippen LogP contribution in [0.5, 0.6) is 5.75 Å².